The molecule has 29 heteroatoms. The van der Waals surface area contributed by atoms with E-state index < -0.39 is 66.8 Å². The third-order valence-electron chi connectivity index (χ3n) is 10.9. The molecule has 0 saturated carbocycles. The molecule has 0 aromatic carbocycles. The van der Waals surface area contributed by atoms with Crippen LogP contribution in [0.5, 0.6) is 11.8 Å². The van der Waals surface area contributed by atoms with Crippen molar-refractivity contribution in [2.75, 3.05) is 253 Å². The molecule has 81 heavy (non-hydrogen) atoms. The van der Waals surface area contributed by atoms with Gasteiger partial charge < -0.3 is 111 Å². The first-order valence-electron chi connectivity index (χ1n) is 27.4. The minimum Gasteiger partial charge on any atom is -0.492 e. The maximum atomic E-state index is 14.7. The maximum absolute atomic E-state index is 14.7. The largest absolute Gasteiger partial charge is 0.492 e. The molecule has 1 aromatic heterocycles. The average Bonchev–Trinajstić information content (AvgIpc) is 3.79. The standard InChI is InChI=1S/C52H95N5O24/c1-65-18-22-73-34-38-77-30-26-69-14-10-53-46(58)43-55(12-16-71-28-32-79-40-36-75-24-20-67-3)50(62)42-45(6-5-7-51(63)81-57-48(60)8-9-49(57)61)52(64)56(13-17-72-29-33-80-41-37-76-25-21-68-4)44-47(59)54-11-15-70-27-31-78-39-35-74-23-19-66-2/h8-9,45,60-61H,5-7,10-44H2,1-4H3,(H,53,58)(H,54,59). The summed E-state index contributed by atoms with van der Waals surface area (Å²) in [7, 11) is 6.34. The van der Waals surface area contributed by atoms with Crippen molar-refractivity contribution in [2.45, 2.75) is 25.7 Å². The number of carbonyl (C=O) groups excluding carboxylic acids is 5. The molecule has 1 atom stereocenters. The Kier molecular flexibility index (Phi) is 50.5. The van der Waals surface area contributed by atoms with Crippen LogP contribution in [0, 0.1) is 5.92 Å². The van der Waals surface area contributed by atoms with E-state index in [1.165, 1.54) is 9.80 Å². The van der Waals surface area contributed by atoms with Crippen molar-refractivity contribution in [3.8, 4) is 11.8 Å². The zero-order chi connectivity index (χ0) is 59.1. The van der Waals surface area contributed by atoms with Gasteiger partial charge in [0.05, 0.1) is 198 Å². The molecule has 0 saturated heterocycles. The van der Waals surface area contributed by atoms with Crippen LogP contribution in [0.2, 0.25) is 0 Å². The Hall–Kier alpha value is -4.41. The fourth-order valence-corrected chi connectivity index (χ4v) is 6.68. The van der Waals surface area contributed by atoms with E-state index in [2.05, 4.69) is 10.6 Å². The Morgan fingerprint density at radius 2 is 0.753 bits per heavy atom. The Labute approximate surface area is 476 Å². The fraction of sp³-hybridized carbons (Fsp3) is 0.827. The van der Waals surface area contributed by atoms with Crippen LogP contribution in [0.15, 0.2) is 12.1 Å². The van der Waals surface area contributed by atoms with Gasteiger partial charge in [-0.2, -0.15) is 0 Å². The molecule has 0 bridgehead atoms. The molecular weight excluding hydrogens is 1080 g/mol. The van der Waals surface area contributed by atoms with Gasteiger partial charge in [-0.15, -0.1) is 4.73 Å². The lowest BCUT2D eigenvalue weighted by Crippen LogP contribution is -2.47. The van der Waals surface area contributed by atoms with E-state index in [9.17, 15) is 34.2 Å². The van der Waals surface area contributed by atoms with Crippen molar-refractivity contribution in [2.24, 2.45) is 5.92 Å². The van der Waals surface area contributed by atoms with Crippen LogP contribution in [-0.4, -0.2) is 307 Å². The lowest BCUT2D eigenvalue weighted by atomic mass is 9.95. The topological polar surface area (TPSA) is 318 Å². The first-order chi connectivity index (χ1) is 39.6. The summed E-state index contributed by atoms with van der Waals surface area (Å²) in [6.07, 6.45) is -0.823. The van der Waals surface area contributed by atoms with Crippen molar-refractivity contribution in [1.29, 1.82) is 0 Å². The summed E-state index contributed by atoms with van der Waals surface area (Å²) in [6, 6.07) is 2.25. The maximum Gasteiger partial charge on any atom is 0.333 e. The van der Waals surface area contributed by atoms with E-state index in [0.29, 0.717) is 124 Å². The summed E-state index contributed by atoms with van der Waals surface area (Å²) in [5, 5.41) is 25.6. The zero-order valence-corrected chi connectivity index (χ0v) is 48.3. The van der Waals surface area contributed by atoms with E-state index in [4.69, 9.17) is 80.6 Å². The summed E-state index contributed by atoms with van der Waals surface area (Å²) in [6.45, 7) is 8.12. The van der Waals surface area contributed by atoms with Gasteiger partial charge >= 0.3 is 5.97 Å². The number of hydrogen-bond donors (Lipinski definition) is 4. The Bertz CT molecular complexity index is 1670. The lowest BCUT2D eigenvalue weighted by molar-refractivity contribution is -0.147. The smallest absolute Gasteiger partial charge is 0.333 e. The van der Waals surface area contributed by atoms with Gasteiger partial charge in [-0.05, 0) is 12.8 Å². The zero-order valence-electron chi connectivity index (χ0n) is 48.3. The van der Waals surface area contributed by atoms with Crippen LogP contribution in [0.3, 0.4) is 0 Å². The number of nitrogens with zero attached hydrogens (tertiary/aromatic N) is 3. The molecule has 1 rings (SSSR count). The number of carbonyl (C=O) groups is 5. The van der Waals surface area contributed by atoms with Gasteiger partial charge in [0.1, 0.15) is 0 Å². The molecule has 472 valence electrons. The Balaban J connectivity index is 3.20. The summed E-state index contributed by atoms with van der Waals surface area (Å²) < 4.78 is 86.8. The second-order valence-electron chi connectivity index (χ2n) is 17.2. The van der Waals surface area contributed by atoms with Gasteiger partial charge in [-0.3, -0.25) is 19.2 Å². The second kappa shape index (κ2) is 54.8. The molecule has 29 nitrogen and oxygen atoms in total. The molecule has 1 heterocycles. The molecule has 0 fully saturated rings. The molecule has 0 spiro atoms. The van der Waals surface area contributed by atoms with Crippen LogP contribution in [0.4, 0.5) is 0 Å². The van der Waals surface area contributed by atoms with Crippen LogP contribution in [-0.2, 0) is 99.8 Å². The van der Waals surface area contributed by atoms with Gasteiger partial charge in [0.15, 0.2) is 0 Å². The first-order valence-corrected chi connectivity index (χ1v) is 27.4. The van der Waals surface area contributed by atoms with E-state index in [0.717, 1.165) is 12.1 Å². The fourth-order valence-electron chi connectivity index (χ4n) is 6.68. The first kappa shape index (κ1) is 74.6. The molecule has 0 aliphatic heterocycles. The molecule has 1 aromatic rings. The van der Waals surface area contributed by atoms with E-state index >= 15 is 0 Å². The Morgan fingerprint density at radius 1 is 0.444 bits per heavy atom. The van der Waals surface area contributed by atoms with Gasteiger partial charge in [0, 0.05) is 85.5 Å². The highest BCUT2D eigenvalue weighted by atomic mass is 16.7. The highest BCUT2D eigenvalue weighted by molar-refractivity contribution is 5.90. The highest BCUT2D eigenvalue weighted by Gasteiger charge is 2.31. The van der Waals surface area contributed by atoms with Gasteiger partial charge in [-0.1, -0.05) is 0 Å². The van der Waals surface area contributed by atoms with Crippen LogP contribution < -0.4 is 15.5 Å². The van der Waals surface area contributed by atoms with E-state index in [1.807, 2.05) is 0 Å². The number of methoxy groups -OCH3 is 4. The molecule has 0 aliphatic carbocycles. The molecular formula is C52H95N5O24. The summed E-state index contributed by atoms with van der Waals surface area (Å²) >= 11 is 0. The van der Waals surface area contributed by atoms with Crippen molar-refractivity contribution in [1.82, 2.24) is 25.2 Å². The number of ether oxygens (including phenoxy) is 16. The third kappa shape index (κ3) is 43.9. The van der Waals surface area contributed by atoms with E-state index in [1.54, 1.807) is 28.4 Å². The van der Waals surface area contributed by atoms with Crippen molar-refractivity contribution < 1.29 is 115 Å². The van der Waals surface area contributed by atoms with Crippen LogP contribution >= 0.6 is 0 Å². The second-order valence-corrected chi connectivity index (χ2v) is 17.2. The number of nitrogens with one attached hydrogen (secondary N) is 2. The van der Waals surface area contributed by atoms with Crippen LogP contribution in [0.1, 0.15) is 25.7 Å². The number of aromatic nitrogens is 1. The van der Waals surface area contributed by atoms with E-state index in [-0.39, 0.29) is 112 Å². The SMILES string of the molecule is COCCOCCOCCOCCNC(=O)CN(CCOCCOCCOCCOC)C(=O)CC(CCCC(=O)On1c(O)ccc1O)C(=O)N(CCOCCOCCOCCOC)CC(=O)NCCOCCOCCOCCOC. The summed E-state index contributed by atoms with van der Waals surface area (Å²) in [4.78, 5) is 76.6. The number of amides is 4. The average molecular weight is 1170 g/mol. The molecule has 0 radical (unpaired) electrons. The molecule has 0 aliphatic rings. The van der Waals surface area contributed by atoms with Crippen molar-refractivity contribution in [3.05, 3.63) is 12.1 Å². The van der Waals surface area contributed by atoms with Crippen LogP contribution in [0.25, 0.3) is 0 Å². The van der Waals surface area contributed by atoms with Gasteiger partial charge in [0.2, 0.25) is 35.4 Å². The Morgan fingerprint density at radius 3 is 1.11 bits per heavy atom. The number of hydrogen-bond acceptors (Lipinski definition) is 24. The summed E-state index contributed by atoms with van der Waals surface area (Å²) in [5.41, 5.74) is 0. The van der Waals surface area contributed by atoms with Crippen molar-refractivity contribution >= 4 is 29.6 Å². The van der Waals surface area contributed by atoms with Gasteiger partial charge in [0.25, 0.3) is 0 Å². The quantitative estimate of drug-likeness (QED) is 0.0551. The number of aromatic hydroxyl groups is 2. The summed E-state index contributed by atoms with van der Waals surface area (Å²) in [5.74, 6) is -5.28. The van der Waals surface area contributed by atoms with Gasteiger partial charge in [-0.25, -0.2) is 4.79 Å². The molecule has 4 amide bonds. The minimum atomic E-state index is -1.14. The minimum absolute atomic E-state index is 0.00594. The number of rotatable bonds is 60. The predicted molar refractivity (Wildman–Crippen MR) is 288 cm³/mol. The van der Waals surface area contributed by atoms with Crippen molar-refractivity contribution in [3.63, 3.8) is 0 Å². The highest BCUT2D eigenvalue weighted by Crippen LogP contribution is 2.21. The lowest BCUT2D eigenvalue weighted by Gasteiger charge is -2.29. The molecule has 4 N–H and O–H groups in total. The molecule has 1 unspecified atom stereocenters. The predicted octanol–water partition coefficient (Wildman–Crippen LogP) is -1.29. The third-order valence-corrected chi connectivity index (χ3v) is 10.9. The monoisotopic (exact) mass is 1170 g/mol. The normalized spacial score (nSPS) is 11.7.